The highest BCUT2D eigenvalue weighted by atomic mass is 16.2. The van der Waals surface area contributed by atoms with Crippen LogP contribution in [-0.4, -0.2) is 34.6 Å². The molecule has 1 fully saturated rings. The van der Waals surface area contributed by atoms with Crippen molar-refractivity contribution in [1.82, 2.24) is 15.1 Å². The topological polar surface area (TPSA) is 75.0 Å². The van der Waals surface area contributed by atoms with E-state index in [1.165, 1.54) is 12.8 Å². The molecular weight excluding hydrogens is 180 g/mol. The maximum Gasteiger partial charge on any atom is 0.271 e. The molecule has 1 aromatic heterocycles. The molecule has 0 aliphatic heterocycles. The molecule has 5 heteroatoms. The van der Waals surface area contributed by atoms with Crippen LogP contribution in [0.3, 0.4) is 0 Å². The highest BCUT2D eigenvalue weighted by Crippen LogP contribution is 2.29. The predicted octanol–water partition coefficient (Wildman–Crippen LogP) is 0.474. The third-order valence-electron chi connectivity index (χ3n) is 2.40. The van der Waals surface area contributed by atoms with Crippen LogP contribution in [0.15, 0.2) is 6.07 Å². The number of nitrogen functional groups attached to an aromatic ring is 1. The Morgan fingerprint density at radius 1 is 1.79 bits per heavy atom. The summed E-state index contributed by atoms with van der Waals surface area (Å²) in [6, 6.07) is 1.56. The molecule has 0 unspecified atom stereocenters. The smallest absolute Gasteiger partial charge is 0.271 e. The average Bonchev–Trinajstić information content (AvgIpc) is 2.85. The van der Waals surface area contributed by atoms with Crippen LogP contribution < -0.4 is 5.73 Å². The zero-order valence-corrected chi connectivity index (χ0v) is 8.16. The number of nitrogens with zero attached hydrogens (tertiary/aromatic N) is 2. The van der Waals surface area contributed by atoms with Gasteiger partial charge in [-0.1, -0.05) is 0 Å². The Balaban J connectivity index is 1.99. The Kier molecular flexibility index (Phi) is 2.15. The summed E-state index contributed by atoms with van der Waals surface area (Å²) in [5, 5.41) is 6.33. The van der Waals surface area contributed by atoms with Gasteiger partial charge in [-0.2, -0.15) is 5.10 Å². The molecule has 2 rings (SSSR count). The molecule has 0 aromatic carbocycles. The van der Waals surface area contributed by atoms with Gasteiger partial charge >= 0.3 is 0 Å². The van der Waals surface area contributed by atoms with E-state index in [1.54, 1.807) is 18.0 Å². The van der Waals surface area contributed by atoms with E-state index in [0.717, 1.165) is 6.54 Å². The number of carbonyl (C=O) groups excluding carboxylic acids is 1. The summed E-state index contributed by atoms with van der Waals surface area (Å²) in [5.41, 5.74) is 5.88. The fraction of sp³-hybridized carbons (Fsp3) is 0.556. The molecule has 0 bridgehead atoms. The number of amides is 1. The Labute approximate surface area is 82.3 Å². The lowest BCUT2D eigenvalue weighted by atomic mass is 10.3. The number of aromatic amines is 1. The zero-order chi connectivity index (χ0) is 10.1. The first-order valence-electron chi connectivity index (χ1n) is 4.73. The van der Waals surface area contributed by atoms with Gasteiger partial charge in [0.15, 0.2) is 0 Å². The van der Waals surface area contributed by atoms with Gasteiger partial charge in [-0.25, -0.2) is 0 Å². The number of nitrogens with one attached hydrogen (secondary N) is 1. The lowest BCUT2D eigenvalue weighted by molar-refractivity contribution is 0.0783. The summed E-state index contributed by atoms with van der Waals surface area (Å²) >= 11 is 0. The zero-order valence-electron chi connectivity index (χ0n) is 8.16. The van der Waals surface area contributed by atoms with Gasteiger partial charge < -0.3 is 10.6 Å². The number of hydrogen-bond donors (Lipinski definition) is 2. The highest BCUT2D eigenvalue weighted by Gasteiger charge is 2.25. The summed E-state index contributed by atoms with van der Waals surface area (Å²) in [6.07, 6.45) is 2.48. The number of hydrogen-bond acceptors (Lipinski definition) is 3. The normalized spacial score (nSPS) is 15.5. The Morgan fingerprint density at radius 2 is 2.50 bits per heavy atom. The van der Waals surface area contributed by atoms with Gasteiger partial charge in [-0.3, -0.25) is 9.89 Å². The summed E-state index contributed by atoms with van der Waals surface area (Å²) < 4.78 is 0. The van der Waals surface area contributed by atoms with Crippen molar-refractivity contribution < 1.29 is 4.79 Å². The minimum absolute atomic E-state index is 0.0406. The van der Waals surface area contributed by atoms with Crippen molar-refractivity contribution in [3.63, 3.8) is 0 Å². The van der Waals surface area contributed by atoms with Crippen molar-refractivity contribution in [1.29, 1.82) is 0 Å². The van der Waals surface area contributed by atoms with E-state index >= 15 is 0 Å². The van der Waals surface area contributed by atoms with E-state index in [9.17, 15) is 4.79 Å². The van der Waals surface area contributed by atoms with Gasteiger partial charge in [0.25, 0.3) is 5.91 Å². The van der Waals surface area contributed by atoms with Gasteiger partial charge in [0, 0.05) is 19.7 Å². The first kappa shape index (κ1) is 9.05. The van der Waals surface area contributed by atoms with Crippen LogP contribution in [0, 0.1) is 5.92 Å². The van der Waals surface area contributed by atoms with Gasteiger partial charge in [-0.05, 0) is 18.8 Å². The summed E-state index contributed by atoms with van der Waals surface area (Å²) in [7, 11) is 1.80. The van der Waals surface area contributed by atoms with Crippen molar-refractivity contribution in [3.05, 3.63) is 11.8 Å². The molecule has 1 aliphatic rings. The number of anilines is 1. The fourth-order valence-electron chi connectivity index (χ4n) is 1.42. The number of carbonyl (C=O) groups is 1. The molecule has 0 spiro atoms. The van der Waals surface area contributed by atoms with Gasteiger partial charge in [0.2, 0.25) is 0 Å². The lowest BCUT2D eigenvalue weighted by Gasteiger charge is -2.14. The monoisotopic (exact) mass is 194 g/mol. The van der Waals surface area contributed by atoms with Crippen LogP contribution in [-0.2, 0) is 0 Å². The van der Waals surface area contributed by atoms with Crippen LogP contribution in [0.5, 0.6) is 0 Å². The third-order valence-corrected chi connectivity index (χ3v) is 2.40. The standard InChI is InChI=1S/C9H14N4O/c1-13(5-6-2-3-6)9(14)7-4-8(10)12-11-7/h4,6H,2-3,5H2,1H3,(H3,10,11,12). The molecular formula is C9H14N4O. The van der Waals surface area contributed by atoms with Crippen molar-refractivity contribution in [2.45, 2.75) is 12.8 Å². The first-order valence-corrected chi connectivity index (χ1v) is 4.73. The fourth-order valence-corrected chi connectivity index (χ4v) is 1.42. The SMILES string of the molecule is CN(CC1CC1)C(=O)c1cc(N)n[nH]1. The van der Waals surface area contributed by atoms with Gasteiger partial charge in [-0.15, -0.1) is 0 Å². The minimum atomic E-state index is -0.0406. The maximum absolute atomic E-state index is 11.7. The molecule has 0 saturated heterocycles. The van der Waals surface area contributed by atoms with E-state index in [1.807, 2.05) is 0 Å². The van der Waals surface area contributed by atoms with Crippen molar-refractivity contribution in [2.24, 2.45) is 5.92 Å². The van der Waals surface area contributed by atoms with E-state index in [0.29, 0.717) is 17.4 Å². The van der Waals surface area contributed by atoms with Gasteiger partial charge in [0.1, 0.15) is 11.5 Å². The maximum atomic E-state index is 11.7. The van der Waals surface area contributed by atoms with E-state index in [2.05, 4.69) is 10.2 Å². The van der Waals surface area contributed by atoms with Crippen LogP contribution in [0.1, 0.15) is 23.3 Å². The Hall–Kier alpha value is -1.52. The second-order valence-corrected chi connectivity index (χ2v) is 3.84. The van der Waals surface area contributed by atoms with Crippen molar-refractivity contribution >= 4 is 11.7 Å². The Bertz CT molecular complexity index is 342. The van der Waals surface area contributed by atoms with Crippen LogP contribution in [0.2, 0.25) is 0 Å². The second kappa shape index (κ2) is 3.32. The summed E-state index contributed by atoms with van der Waals surface area (Å²) in [5.74, 6) is 1.01. The highest BCUT2D eigenvalue weighted by molar-refractivity contribution is 5.92. The number of aromatic nitrogens is 2. The number of H-pyrrole nitrogens is 1. The minimum Gasteiger partial charge on any atom is -0.382 e. The van der Waals surface area contributed by atoms with Gasteiger partial charge in [0.05, 0.1) is 0 Å². The average molecular weight is 194 g/mol. The molecule has 0 radical (unpaired) electrons. The lowest BCUT2D eigenvalue weighted by Crippen LogP contribution is -2.28. The molecule has 0 atom stereocenters. The van der Waals surface area contributed by atoms with Crippen molar-refractivity contribution in [2.75, 3.05) is 19.3 Å². The van der Waals surface area contributed by atoms with E-state index in [-0.39, 0.29) is 5.91 Å². The Morgan fingerprint density at radius 3 is 3.00 bits per heavy atom. The largest absolute Gasteiger partial charge is 0.382 e. The second-order valence-electron chi connectivity index (χ2n) is 3.84. The van der Waals surface area contributed by atoms with Crippen LogP contribution >= 0.6 is 0 Å². The molecule has 14 heavy (non-hydrogen) atoms. The third kappa shape index (κ3) is 1.86. The molecule has 1 heterocycles. The predicted molar refractivity (Wildman–Crippen MR) is 52.7 cm³/mol. The summed E-state index contributed by atoms with van der Waals surface area (Å²) in [4.78, 5) is 13.4. The quantitative estimate of drug-likeness (QED) is 0.734. The molecule has 1 aliphatic carbocycles. The van der Waals surface area contributed by atoms with Crippen molar-refractivity contribution in [3.8, 4) is 0 Å². The number of rotatable bonds is 3. The number of nitrogens with two attached hydrogens (primary N) is 1. The molecule has 1 aromatic rings. The molecule has 1 amide bonds. The molecule has 1 saturated carbocycles. The molecule has 76 valence electrons. The summed E-state index contributed by atoms with van der Waals surface area (Å²) in [6.45, 7) is 0.831. The molecule has 3 N–H and O–H groups in total. The van der Waals surface area contributed by atoms with E-state index < -0.39 is 0 Å². The first-order chi connectivity index (χ1) is 6.66. The molecule has 5 nitrogen and oxygen atoms in total. The van der Waals surface area contributed by atoms with Crippen LogP contribution in [0.25, 0.3) is 0 Å². The van der Waals surface area contributed by atoms with E-state index in [4.69, 9.17) is 5.73 Å². The van der Waals surface area contributed by atoms with Crippen LogP contribution in [0.4, 0.5) is 5.82 Å².